The monoisotopic (exact) mass is 459 g/mol. The minimum absolute atomic E-state index is 0.180. The Labute approximate surface area is 191 Å². The molecule has 0 atom stereocenters. The maximum absolute atomic E-state index is 13.0. The van der Waals surface area contributed by atoms with Gasteiger partial charge in [-0.25, -0.2) is 0 Å². The number of carbonyl (C=O) groups excluding carboxylic acids is 2. The highest BCUT2D eigenvalue weighted by Gasteiger charge is 2.43. The molecule has 2 aromatic rings. The molecule has 0 spiro atoms. The minimum atomic E-state index is -4.35. The number of halogens is 3. The highest BCUT2D eigenvalue weighted by atomic mass is 19.4. The first-order chi connectivity index (χ1) is 15.6. The summed E-state index contributed by atoms with van der Waals surface area (Å²) in [4.78, 5) is 31.5. The maximum Gasteiger partial charge on any atom is 0.416 e. The average Bonchev–Trinajstić information content (AvgIpc) is 2.80. The maximum atomic E-state index is 13.0. The van der Waals surface area contributed by atoms with Gasteiger partial charge in [0.1, 0.15) is 0 Å². The Morgan fingerprint density at radius 3 is 2.30 bits per heavy atom. The summed E-state index contributed by atoms with van der Waals surface area (Å²) < 4.78 is 39.0. The normalized spacial score (nSPS) is 19.1. The number of nitrogens with zero attached hydrogens (tertiary/aromatic N) is 3. The highest BCUT2D eigenvalue weighted by Crippen LogP contribution is 2.34. The zero-order chi connectivity index (χ0) is 23.8. The van der Waals surface area contributed by atoms with Crippen molar-refractivity contribution in [1.82, 2.24) is 9.80 Å². The second-order valence-corrected chi connectivity index (χ2v) is 9.16. The van der Waals surface area contributed by atoms with Crippen LogP contribution >= 0.6 is 0 Å². The predicted octanol–water partition coefficient (Wildman–Crippen LogP) is 4.18. The lowest BCUT2D eigenvalue weighted by Crippen LogP contribution is -2.52. The molecule has 5 nitrogen and oxygen atoms in total. The Morgan fingerprint density at radius 1 is 0.909 bits per heavy atom. The second-order valence-electron chi connectivity index (χ2n) is 9.16. The number of benzene rings is 2. The number of amides is 2. The van der Waals surface area contributed by atoms with E-state index in [2.05, 4.69) is 4.90 Å². The first-order valence-corrected chi connectivity index (χ1v) is 11.2. The van der Waals surface area contributed by atoms with Gasteiger partial charge in [-0.3, -0.25) is 19.4 Å². The lowest BCUT2D eigenvalue weighted by molar-refractivity contribution is -0.137. The SMILES string of the molecule is CC1(C)C(=O)N(CCCN2CCN(c3cccc(C(F)(F)F)c3)CC2)C(=O)c2ccccc21. The number of hydrogen-bond acceptors (Lipinski definition) is 4. The van der Waals surface area contributed by atoms with Gasteiger partial charge in [-0.05, 0) is 56.6 Å². The van der Waals surface area contributed by atoms with E-state index in [1.165, 1.54) is 17.0 Å². The fraction of sp³-hybridized carbons (Fsp3) is 0.440. The quantitative estimate of drug-likeness (QED) is 0.630. The van der Waals surface area contributed by atoms with Crippen LogP contribution in [0.3, 0.4) is 0 Å². The standard InChI is InChI=1S/C25H28F3N3O2/c1-24(2)21-10-4-3-9-20(21)22(32)31(23(24)33)12-6-11-29-13-15-30(16-14-29)19-8-5-7-18(17-19)25(26,27)28/h3-5,7-10,17H,6,11-16H2,1-2H3. The molecular formula is C25H28F3N3O2. The van der Waals surface area contributed by atoms with Gasteiger partial charge < -0.3 is 4.90 Å². The topological polar surface area (TPSA) is 43.9 Å². The number of rotatable bonds is 5. The van der Waals surface area contributed by atoms with Gasteiger partial charge in [-0.2, -0.15) is 13.2 Å². The summed E-state index contributed by atoms with van der Waals surface area (Å²) in [5, 5.41) is 0. The average molecular weight is 460 g/mol. The van der Waals surface area contributed by atoms with Crippen molar-refractivity contribution < 1.29 is 22.8 Å². The number of alkyl halides is 3. The van der Waals surface area contributed by atoms with Crippen LogP contribution in [-0.4, -0.2) is 60.9 Å². The van der Waals surface area contributed by atoms with Crippen LogP contribution < -0.4 is 4.90 Å². The molecule has 4 rings (SSSR count). The lowest BCUT2D eigenvalue weighted by Gasteiger charge is -2.38. The van der Waals surface area contributed by atoms with Crippen molar-refractivity contribution >= 4 is 17.5 Å². The molecule has 0 aliphatic carbocycles. The third-order valence-electron chi connectivity index (χ3n) is 6.62. The van der Waals surface area contributed by atoms with Crippen LogP contribution in [0, 0.1) is 0 Å². The van der Waals surface area contributed by atoms with Crippen molar-refractivity contribution in [3.8, 4) is 0 Å². The molecule has 0 unspecified atom stereocenters. The first kappa shape index (κ1) is 23.3. The van der Waals surface area contributed by atoms with Gasteiger partial charge >= 0.3 is 6.18 Å². The number of imide groups is 1. The number of anilines is 1. The summed E-state index contributed by atoms with van der Waals surface area (Å²) in [7, 11) is 0. The van der Waals surface area contributed by atoms with Gasteiger partial charge in [-0.1, -0.05) is 24.3 Å². The number of hydrogen-bond donors (Lipinski definition) is 0. The van der Waals surface area contributed by atoms with Gasteiger partial charge in [0.2, 0.25) is 5.91 Å². The second kappa shape index (κ2) is 8.82. The molecule has 2 aromatic carbocycles. The van der Waals surface area contributed by atoms with E-state index in [9.17, 15) is 22.8 Å². The zero-order valence-corrected chi connectivity index (χ0v) is 18.9. The van der Waals surface area contributed by atoms with Crippen molar-refractivity contribution in [3.05, 3.63) is 65.2 Å². The molecule has 2 aliphatic rings. The third kappa shape index (κ3) is 4.62. The van der Waals surface area contributed by atoms with Crippen LogP contribution in [0.15, 0.2) is 48.5 Å². The number of fused-ring (bicyclic) bond motifs is 1. The highest BCUT2D eigenvalue weighted by molar-refractivity contribution is 6.12. The molecule has 0 aromatic heterocycles. The van der Waals surface area contributed by atoms with E-state index < -0.39 is 17.2 Å². The smallest absolute Gasteiger partial charge is 0.369 e. The Morgan fingerprint density at radius 2 is 1.61 bits per heavy atom. The fourth-order valence-electron chi connectivity index (χ4n) is 4.67. The molecule has 0 saturated carbocycles. The molecule has 33 heavy (non-hydrogen) atoms. The molecular weight excluding hydrogens is 431 g/mol. The van der Waals surface area contributed by atoms with E-state index >= 15 is 0 Å². The van der Waals surface area contributed by atoms with Gasteiger partial charge in [0.15, 0.2) is 0 Å². The van der Waals surface area contributed by atoms with E-state index in [1.54, 1.807) is 12.1 Å². The molecule has 0 radical (unpaired) electrons. The summed E-state index contributed by atoms with van der Waals surface area (Å²) in [5.41, 5.74) is 0.539. The summed E-state index contributed by atoms with van der Waals surface area (Å²) in [5.74, 6) is -0.426. The largest absolute Gasteiger partial charge is 0.416 e. The molecule has 1 saturated heterocycles. The Bertz CT molecular complexity index is 1040. The van der Waals surface area contributed by atoms with Crippen LogP contribution in [0.25, 0.3) is 0 Å². The summed E-state index contributed by atoms with van der Waals surface area (Å²) in [6, 6.07) is 12.7. The van der Waals surface area contributed by atoms with Crippen molar-refractivity contribution in [1.29, 1.82) is 0 Å². The number of piperazine rings is 1. The number of carbonyl (C=O) groups is 2. The Hall–Kier alpha value is -2.87. The molecule has 2 heterocycles. The van der Waals surface area contributed by atoms with Crippen LogP contribution in [0.5, 0.6) is 0 Å². The van der Waals surface area contributed by atoms with Gasteiger partial charge in [0.05, 0.1) is 11.0 Å². The molecule has 0 bridgehead atoms. The molecule has 0 N–H and O–H groups in total. The molecule has 176 valence electrons. The fourth-order valence-corrected chi connectivity index (χ4v) is 4.67. The van der Waals surface area contributed by atoms with Gasteiger partial charge in [0.25, 0.3) is 5.91 Å². The summed E-state index contributed by atoms with van der Waals surface area (Å²) >= 11 is 0. The third-order valence-corrected chi connectivity index (χ3v) is 6.62. The first-order valence-electron chi connectivity index (χ1n) is 11.2. The van der Waals surface area contributed by atoms with Crippen LogP contribution in [0.4, 0.5) is 18.9 Å². The van der Waals surface area contributed by atoms with Gasteiger partial charge in [-0.15, -0.1) is 0 Å². The van der Waals surface area contributed by atoms with Crippen molar-refractivity contribution in [2.24, 2.45) is 0 Å². The summed E-state index contributed by atoms with van der Waals surface area (Å²) in [6.45, 7) is 7.45. The van der Waals surface area contributed by atoms with E-state index in [-0.39, 0.29) is 11.8 Å². The summed E-state index contributed by atoms with van der Waals surface area (Å²) in [6.07, 6.45) is -3.70. The van der Waals surface area contributed by atoms with E-state index in [0.29, 0.717) is 50.4 Å². The molecule has 2 aliphatic heterocycles. The molecule has 2 amide bonds. The predicted molar refractivity (Wildman–Crippen MR) is 120 cm³/mol. The van der Waals surface area contributed by atoms with Crippen LogP contribution in [0.2, 0.25) is 0 Å². The zero-order valence-electron chi connectivity index (χ0n) is 18.9. The van der Waals surface area contributed by atoms with E-state index in [1.807, 2.05) is 36.9 Å². The Balaban J connectivity index is 1.31. The minimum Gasteiger partial charge on any atom is -0.369 e. The van der Waals surface area contributed by atoms with E-state index in [4.69, 9.17) is 0 Å². The van der Waals surface area contributed by atoms with Crippen molar-refractivity contribution in [2.45, 2.75) is 31.9 Å². The van der Waals surface area contributed by atoms with Crippen molar-refractivity contribution in [3.63, 3.8) is 0 Å². The van der Waals surface area contributed by atoms with E-state index in [0.717, 1.165) is 18.2 Å². The van der Waals surface area contributed by atoms with Gasteiger partial charge in [0, 0.05) is 44.0 Å². The molecule has 1 fully saturated rings. The van der Waals surface area contributed by atoms with Crippen LogP contribution in [-0.2, 0) is 16.4 Å². The Kier molecular flexibility index (Phi) is 6.22. The van der Waals surface area contributed by atoms with Crippen LogP contribution in [0.1, 0.15) is 41.8 Å². The molecule has 8 heteroatoms. The lowest BCUT2D eigenvalue weighted by atomic mass is 9.77. The van der Waals surface area contributed by atoms with Crippen molar-refractivity contribution in [2.75, 3.05) is 44.2 Å².